The van der Waals surface area contributed by atoms with E-state index in [1.165, 1.54) is 54.3 Å². The number of cyclic esters (lactones) is 1. The monoisotopic (exact) mass is 520 g/mol. The molecule has 1 aliphatic heterocycles. The summed E-state index contributed by atoms with van der Waals surface area (Å²) < 4.78 is 50.4. The number of nitrogens with zero attached hydrogens (tertiary/aromatic N) is 1. The number of carboxylic acid groups (broad SMARTS) is 1. The van der Waals surface area contributed by atoms with Crippen molar-refractivity contribution in [2.45, 2.75) is 32.0 Å². The summed E-state index contributed by atoms with van der Waals surface area (Å²) in [5.74, 6) is -2.77. The number of carboxylic acids is 1. The number of hydrogen-bond acceptors (Lipinski definition) is 6. The summed E-state index contributed by atoms with van der Waals surface area (Å²) in [5, 5.41) is 8.60. The minimum atomic E-state index is -4.57. The lowest BCUT2D eigenvalue weighted by Crippen LogP contribution is -2.27. The van der Waals surface area contributed by atoms with Crippen molar-refractivity contribution < 1.29 is 46.9 Å². The van der Waals surface area contributed by atoms with E-state index in [1.807, 2.05) is 0 Å². The number of primary amides is 1. The molecule has 0 spiro atoms. The third kappa shape index (κ3) is 6.87. The molecule has 1 heterocycles. The highest BCUT2D eigenvalue weighted by atomic mass is 19.4. The Morgan fingerprint density at radius 2 is 1.86 bits per heavy atom. The second kappa shape index (κ2) is 11.1. The highest BCUT2D eigenvalue weighted by Crippen LogP contribution is 2.36. The van der Waals surface area contributed by atoms with Crippen molar-refractivity contribution in [2.24, 2.45) is 5.73 Å². The normalized spacial score (nSPS) is 15.9. The first kappa shape index (κ1) is 27.2. The average molecular weight is 520 g/mol. The van der Waals surface area contributed by atoms with Crippen LogP contribution in [-0.4, -0.2) is 48.3 Å². The van der Waals surface area contributed by atoms with Crippen molar-refractivity contribution in [1.82, 2.24) is 0 Å². The Hall–Kier alpha value is -4.35. The highest BCUT2D eigenvalue weighted by Gasteiger charge is 2.34. The second-order valence-electron chi connectivity index (χ2n) is 8.20. The number of amides is 2. The minimum Gasteiger partial charge on any atom is -0.481 e. The Morgan fingerprint density at radius 1 is 1.16 bits per heavy atom. The Labute approximate surface area is 209 Å². The molecule has 3 rings (SSSR count). The molecular weight excluding hydrogens is 497 g/mol. The summed E-state index contributed by atoms with van der Waals surface area (Å²) in [6, 6.07) is 9.28. The molecule has 0 unspecified atom stereocenters. The predicted molar refractivity (Wildman–Crippen MR) is 125 cm³/mol. The number of nitrogens with two attached hydrogens (primary N) is 1. The molecule has 2 amide bonds. The standard InChI is InChI=1S/C25H23F3N2O7/c1-14(18-4-2-3-5-20(18)25(26,27)28)10-15-6-7-16(11-19(15)23(29)34)30-12-17(37-24(30)35)13-36-22(33)9-8-21(31)32/h2-7,10-11,17H,8-9,12-13H2,1H3,(H2,29,34)(H,31,32)/b14-10+/t17-/m1/s1. The average Bonchev–Trinajstić information content (AvgIpc) is 3.21. The molecular formula is C25H23F3N2O7. The number of ether oxygens (including phenoxy) is 2. The van der Waals surface area contributed by atoms with Crippen LogP contribution in [0.1, 0.15) is 46.8 Å². The number of allylic oxidation sites excluding steroid dienone is 1. The van der Waals surface area contributed by atoms with Crippen LogP contribution in [0.5, 0.6) is 0 Å². The van der Waals surface area contributed by atoms with Crippen LogP contribution in [-0.2, 0) is 25.2 Å². The van der Waals surface area contributed by atoms with Crippen molar-refractivity contribution in [3.05, 3.63) is 64.7 Å². The fourth-order valence-electron chi connectivity index (χ4n) is 3.72. The summed E-state index contributed by atoms with van der Waals surface area (Å²) >= 11 is 0. The number of benzene rings is 2. The fourth-order valence-corrected chi connectivity index (χ4v) is 3.72. The number of anilines is 1. The number of alkyl halides is 3. The summed E-state index contributed by atoms with van der Waals surface area (Å²) in [4.78, 5) is 47.8. The Balaban J connectivity index is 1.80. The van der Waals surface area contributed by atoms with E-state index in [0.29, 0.717) is 0 Å². The number of halogens is 3. The molecule has 1 aliphatic rings. The van der Waals surface area contributed by atoms with E-state index in [0.717, 1.165) is 6.07 Å². The SMILES string of the molecule is C/C(=C\c1ccc(N2C[C@H](COC(=O)CCC(=O)O)OC2=O)cc1C(N)=O)c1ccccc1C(F)(F)F. The molecule has 2 aromatic carbocycles. The van der Waals surface area contributed by atoms with Crippen LogP contribution >= 0.6 is 0 Å². The molecule has 9 nitrogen and oxygen atoms in total. The lowest BCUT2D eigenvalue weighted by molar-refractivity contribution is -0.149. The molecule has 2 aromatic rings. The first-order valence-electron chi connectivity index (χ1n) is 11.0. The zero-order valence-corrected chi connectivity index (χ0v) is 19.6. The molecule has 0 radical (unpaired) electrons. The topological polar surface area (TPSA) is 136 Å². The van der Waals surface area contributed by atoms with E-state index in [4.69, 9.17) is 20.3 Å². The van der Waals surface area contributed by atoms with Crippen LogP contribution in [0.4, 0.5) is 23.7 Å². The van der Waals surface area contributed by atoms with E-state index in [2.05, 4.69) is 0 Å². The molecule has 1 atom stereocenters. The number of carbonyl (C=O) groups is 4. The van der Waals surface area contributed by atoms with Crippen LogP contribution in [0.15, 0.2) is 42.5 Å². The van der Waals surface area contributed by atoms with Gasteiger partial charge in [-0.05, 0) is 41.8 Å². The van der Waals surface area contributed by atoms with Gasteiger partial charge in [-0.15, -0.1) is 0 Å². The van der Waals surface area contributed by atoms with Crippen LogP contribution in [0.25, 0.3) is 11.6 Å². The van der Waals surface area contributed by atoms with Gasteiger partial charge in [0.2, 0.25) is 5.91 Å². The van der Waals surface area contributed by atoms with Gasteiger partial charge in [0.25, 0.3) is 0 Å². The van der Waals surface area contributed by atoms with Gasteiger partial charge >= 0.3 is 24.2 Å². The quantitative estimate of drug-likeness (QED) is 0.375. The van der Waals surface area contributed by atoms with Gasteiger partial charge in [0.05, 0.1) is 24.9 Å². The molecule has 0 saturated carbocycles. The van der Waals surface area contributed by atoms with Gasteiger partial charge in [-0.3, -0.25) is 19.3 Å². The molecule has 0 aliphatic carbocycles. The van der Waals surface area contributed by atoms with Gasteiger partial charge in [0.1, 0.15) is 6.61 Å². The van der Waals surface area contributed by atoms with Gasteiger partial charge in [-0.25, -0.2) is 4.79 Å². The summed E-state index contributed by atoms with van der Waals surface area (Å²) in [7, 11) is 0. The lowest BCUT2D eigenvalue weighted by atomic mass is 9.96. The van der Waals surface area contributed by atoms with E-state index in [-0.39, 0.29) is 47.5 Å². The molecule has 196 valence electrons. The van der Waals surface area contributed by atoms with Crippen LogP contribution < -0.4 is 10.6 Å². The third-order valence-corrected chi connectivity index (χ3v) is 5.49. The first-order chi connectivity index (χ1) is 17.4. The number of hydrogen-bond donors (Lipinski definition) is 2. The largest absolute Gasteiger partial charge is 0.481 e. The van der Waals surface area contributed by atoms with E-state index >= 15 is 0 Å². The first-order valence-corrected chi connectivity index (χ1v) is 11.0. The van der Waals surface area contributed by atoms with Crippen molar-refractivity contribution in [3.8, 4) is 0 Å². The molecule has 1 fully saturated rings. The molecule has 37 heavy (non-hydrogen) atoms. The maximum atomic E-state index is 13.4. The summed E-state index contributed by atoms with van der Waals surface area (Å²) in [6.07, 6.45) is -5.51. The summed E-state index contributed by atoms with van der Waals surface area (Å²) in [6.45, 7) is 1.15. The van der Waals surface area contributed by atoms with Gasteiger partial charge < -0.3 is 20.3 Å². The van der Waals surface area contributed by atoms with E-state index in [9.17, 15) is 32.3 Å². The molecule has 0 aromatic heterocycles. The fraction of sp³-hybridized carbons (Fsp3) is 0.280. The number of esters is 1. The van der Waals surface area contributed by atoms with Crippen LogP contribution in [0.2, 0.25) is 0 Å². The number of rotatable bonds is 9. The van der Waals surface area contributed by atoms with E-state index < -0.39 is 48.2 Å². The smallest absolute Gasteiger partial charge is 0.416 e. The molecule has 3 N–H and O–H groups in total. The zero-order valence-electron chi connectivity index (χ0n) is 19.6. The minimum absolute atomic E-state index is 0.0299. The van der Waals surface area contributed by atoms with Gasteiger partial charge in [0, 0.05) is 11.3 Å². The van der Waals surface area contributed by atoms with Crippen molar-refractivity contribution >= 4 is 41.3 Å². The Kier molecular flexibility index (Phi) is 8.21. The highest BCUT2D eigenvalue weighted by molar-refractivity contribution is 6.01. The predicted octanol–water partition coefficient (Wildman–Crippen LogP) is 4.10. The number of aliphatic carboxylic acids is 1. The van der Waals surface area contributed by atoms with Crippen LogP contribution in [0.3, 0.4) is 0 Å². The second-order valence-corrected chi connectivity index (χ2v) is 8.20. The number of carbonyl (C=O) groups excluding carboxylic acids is 3. The molecule has 0 bridgehead atoms. The summed E-state index contributed by atoms with van der Waals surface area (Å²) in [5.41, 5.74) is 5.33. The van der Waals surface area contributed by atoms with E-state index in [1.54, 1.807) is 0 Å². The van der Waals surface area contributed by atoms with Gasteiger partial charge in [-0.1, -0.05) is 30.3 Å². The van der Waals surface area contributed by atoms with Crippen molar-refractivity contribution in [1.29, 1.82) is 0 Å². The third-order valence-electron chi connectivity index (χ3n) is 5.49. The van der Waals surface area contributed by atoms with Crippen LogP contribution in [0, 0.1) is 0 Å². The Morgan fingerprint density at radius 3 is 2.51 bits per heavy atom. The van der Waals surface area contributed by atoms with Gasteiger partial charge in [-0.2, -0.15) is 13.2 Å². The zero-order chi connectivity index (χ0) is 27.3. The van der Waals surface area contributed by atoms with Gasteiger partial charge in [0.15, 0.2) is 6.10 Å². The maximum absolute atomic E-state index is 13.4. The lowest BCUT2D eigenvalue weighted by Gasteiger charge is -2.16. The molecule has 12 heteroatoms. The molecule has 1 saturated heterocycles. The Bertz CT molecular complexity index is 1260. The van der Waals surface area contributed by atoms with Crippen molar-refractivity contribution in [3.63, 3.8) is 0 Å². The maximum Gasteiger partial charge on any atom is 0.416 e. The van der Waals surface area contributed by atoms with Crippen molar-refractivity contribution in [2.75, 3.05) is 18.1 Å².